The van der Waals surface area contributed by atoms with E-state index in [1.165, 1.54) is 37.8 Å². The van der Waals surface area contributed by atoms with Crippen molar-refractivity contribution in [2.24, 2.45) is 5.10 Å². The van der Waals surface area contributed by atoms with Crippen LogP contribution in [-0.2, 0) is 22.4 Å². The van der Waals surface area contributed by atoms with Crippen LogP contribution in [0.1, 0.15) is 44.8 Å². The number of thiophene rings is 1. The van der Waals surface area contributed by atoms with Gasteiger partial charge in [0.1, 0.15) is 16.8 Å². The minimum atomic E-state index is -0.978. The second-order valence-electron chi connectivity index (χ2n) is 8.21. The number of nitriles is 1. The maximum absolute atomic E-state index is 12.5. The number of amides is 2. The number of nitrogens with zero attached hydrogens (tertiary/aromatic N) is 2. The van der Waals surface area contributed by atoms with Gasteiger partial charge in [0.15, 0.2) is 11.5 Å². The number of carbonyl (C=O) groups excluding carboxylic acids is 3. The summed E-state index contributed by atoms with van der Waals surface area (Å²) in [7, 11) is 2.95. The number of methoxy groups -OCH3 is 2. The minimum absolute atomic E-state index is 0.195. The van der Waals surface area contributed by atoms with Crippen molar-refractivity contribution in [2.75, 3.05) is 19.5 Å². The first-order valence-electron chi connectivity index (χ1n) is 11.7. The van der Waals surface area contributed by atoms with Crippen LogP contribution >= 0.6 is 11.3 Å². The Morgan fingerprint density at radius 1 is 1.00 bits per heavy atom. The maximum Gasteiger partial charge on any atom is 0.343 e. The molecule has 0 bridgehead atoms. The summed E-state index contributed by atoms with van der Waals surface area (Å²) >= 11 is 1.33. The zero-order chi connectivity index (χ0) is 27.1. The van der Waals surface area contributed by atoms with Crippen molar-refractivity contribution in [1.29, 1.82) is 5.26 Å². The summed E-state index contributed by atoms with van der Waals surface area (Å²) < 4.78 is 15.8. The second kappa shape index (κ2) is 12.0. The van der Waals surface area contributed by atoms with Crippen LogP contribution in [0.15, 0.2) is 47.6 Å². The Hall–Kier alpha value is -4.69. The highest BCUT2D eigenvalue weighted by Gasteiger charge is 2.23. The molecule has 10 nitrogen and oxygen atoms in total. The smallest absolute Gasteiger partial charge is 0.343 e. The zero-order valence-corrected chi connectivity index (χ0v) is 21.5. The molecule has 0 saturated carbocycles. The number of ether oxygens (including phenoxy) is 3. The molecule has 1 heterocycles. The highest BCUT2D eigenvalue weighted by molar-refractivity contribution is 7.16. The molecule has 1 aliphatic rings. The molecule has 0 unspecified atom stereocenters. The van der Waals surface area contributed by atoms with Gasteiger partial charge in [0.2, 0.25) is 0 Å². The van der Waals surface area contributed by atoms with Crippen molar-refractivity contribution in [1.82, 2.24) is 5.43 Å². The van der Waals surface area contributed by atoms with Crippen molar-refractivity contribution in [2.45, 2.75) is 25.7 Å². The standard InChI is InChI=1S/C27H24N4O6S/c1-35-18-10-8-17(9-11-18)27(34)37-21-12-7-16(13-22(21)36-2)15-29-31-25(33)24(32)30-26-20(14-28)19-5-3-4-6-23(19)38-26/h7-13,15H,3-6H2,1-2H3,(H,30,32)(H,31,33). The van der Waals surface area contributed by atoms with Gasteiger partial charge in [-0.1, -0.05) is 0 Å². The number of fused-ring (bicyclic) bond motifs is 1. The van der Waals surface area contributed by atoms with E-state index in [-0.39, 0.29) is 11.5 Å². The molecule has 1 aliphatic carbocycles. The van der Waals surface area contributed by atoms with Crippen molar-refractivity contribution in [3.63, 3.8) is 0 Å². The van der Waals surface area contributed by atoms with Crippen LogP contribution in [-0.4, -0.2) is 38.2 Å². The van der Waals surface area contributed by atoms with Crippen LogP contribution in [0.2, 0.25) is 0 Å². The summed E-state index contributed by atoms with van der Waals surface area (Å²) in [6.07, 6.45) is 5.01. The van der Waals surface area contributed by atoms with E-state index in [4.69, 9.17) is 14.2 Å². The number of hydrazone groups is 1. The molecular weight excluding hydrogens is 508 g/mol. The van der Waals surface area contributed by atoms with Gasteiger partial charge in [-0.3, -0.25) is 9.59 Å². The Balaban J connectivity index is 1.36. The Labute approximate surface area is 222 Å². The molecule has 11 heteroatoms. The van der Waals surface area contributed by atoms with E-state index in [9.17, 15) is 19.6 Å². The zero-order valence-electron chi connectivity index (χ0n) is 20.7. The molecule has 0 saturated heterocycles. The predicted octanol–water partition coefficient (Wildman–Crippen LogP) is 3.82. The lowest BCUT2D eigenvalue weighted by Crippen LogP contribution is -2.32. The SMILES string of the molecule is COc1ccc(C(=O)Oc2ccc(C=NNC(=O)C(=O)Nc3sc4c(c3C#N)CCCC4)cc2OC)cc1. The van der Waals surface area contributed by atoms with Gasteiger partial charge in [0.05, 0.1) is 31.6 Å². The first-order valence-corrected chi connectivity index (χ1v) is 12.5. The van der Waals surface area contributed by atoms with Crippen LogP contribution in [0, 0.1) is 11.3 Å². The average Bonchev–Trinajstić information content (AvgIpc) is 3.30. The van der Waals surface area contributed by atoms with E-state index in [1.807, 2.05) is 0 Å². The first-order chi connectivity index (χ1) is 18.4. The molecular formula is C27H24N4O6S. The van der Waals surface area contributed by atoms with Gasteiger partial charge in [-0.15, -0.1) is 11.3 Å². The molecule has 4 rings (SSSR count). The summed E-state index contributed by atoms with van der Waals surface area (Å²) in [5.41, 5.74) is 4.41. The average molecular weight is 533 g/mol. The quantitative estimate of drug-likeness (QED) is 0.155. The highest BCUT2D eigenvalue weighted by atomic mass is 32.1. The number of anilines is 1. The van der Waals surface area contributed by atoms with Gasteiger partial charge in [0, 0.05) is 4.88 Å². The number of esters is 1. The monoisotopic (exact) mass is 532 g/mol. The molecule has 0 radical (unpaired) electrons. The third-order valence-electron chi connectivity index (χ3n) is 5.81. The molecule has 2 N–H and O–H groups in total. The van der Waals surface area contributed by atoms with Crippen molar-refractivity contribution >= 4 is 40.3 Å². The van der Waals surface area contributed by atoms with E-state index in [1.54, 1.807) is 36.4 Å². The number of nitrogens with one attached hydrogen (secondary N) is 2. The van der Waals surface area contributed by atoms with Crippen LogP contribution in [0.5, 0.6) is 17.2 Å². The van der Waals surface area contributed by atoms with Gasteiger partial charge in [-0.2, -0.15) is 10.4 Å². The molecule has 194 valence electrons. The molecule has 3 aromatic rings. The fourth-order valence-corrected chi connectivity index (χ4v) is 5.12. The summed E-state index contributed by atoms with van der Waals surface area (Å²) in [5, 5.41) is 16.2. The van der Waals surface area contributed by atoms with Gasteiger partial charge in [0.25, 0.3) is 0 Å². The summed E-state index contributed by atoms with van der Waals surface area (Å²) in [5.74, 6) is -1.39. The topological polar surface area (TPSA) is 139 Å². The Morgan fingerprint density at radius 2 is 1.76 bits per heavy atom. The fraction of sp³-hybridized carbons (Fsp3) is 0.222. The van der Waals surface area contributed by atoms with Gasteiger partial charge in [-0.25, -0.2) is 10.2 Å². The highest BCUT2D eigenvalue weighted by Crippen LogP contribution is 2.37. The van der Waals surface area contributed by atoms with E-state index in [0.717, 1.165) is 36.1 Å². The van der Waals surface area contributed by atoms with Crippen molar-refractivity contribution in [3.8, 4) is 23.3 Å². The normalized spacial score (nSPS) is 12.2. The number of benzene rings is 2. The van der Waals surface area contributed by atoms with Crippen molar-refractivity contribution in [3.05, 3.63) is 69.6 Å². The lowest BCUT2D eigenvalue weighted by atomic mass is 9.96. The van der Waals surface area contributed by atoms with E-state index >= 15 is 0 Å². The lowest BCUT2D eigenvalue weighted by molar-refractivity contribution is -0.136. The molecule has 1 aromatic heterocycles. The molecule has 0 fully saturated rings. The molecule has 2 aromatic carbocycles. The number of carbonyl (C=O) groups is 3. The maximum atomic E-state index is 12.5. The molecule has 38 heavy (non-hydrogen) atoms. The largest absolute Gasteiger partial charge is 0.497 e. The Morgan fingerprint density at radius 3 is 2.47 bits per heavy atom. The van der Waals surface area contributed by atoms with E-state index < -0.39 is 17.8 Å². The molecule has 0 aliphatic heterocycles. The Bertz CT molecular complexity index is 1440. The van der Waals surface area contributed by atoms with Gasteiger partial charge >= 0.3 is 17.8 Å². The van der Waals surface area contributed by atoms with Crippen LogP contribution < -0.4 is 25.0 Å². The minimum Gasteiger partial charge on any atom is -0.497 e. The summed E-state index contributed by atoms with van der Waals surface area (Å²) in [4.78, 5) is 38.1. The third kappa shape index (κ3) is 5.99. The van der Waals surface area contributed by atoms with Crippen LogP contribution in [0.4, 0.5) is 5.00 Å². The molecule has 0 spiro atoms. The number of hydrogen-bond donors (Lipinski definition) is 2. The lowest BCUT2D eigenvalue weighted by Gasteiger charge is -2.10. The van der Waals surface area contributed by atoms with Gasteiger partial charge in [-0.05, 0) is 79.3 Å². The number of hydrogen-bond acceptors (Lipinski definition) is 9. The number of aryl methyl sites for hydroxylation is 1. The summed E-state index contributed by atoms with van der Waals surface area (Å²) in [6.45, 7) is 0. The van der Waals surface area contributed by atoms with Crippen LogP contribution in [0.25, 0.3) is 0 Å². The van der Waals surface area contributed by atoms with E-state index in [0.29, 0.717) is 27.4 Å². The van der Waals surface area contributed by atoms with Crippen molar-refractivity contribution < 1.29 is 28.6 Å². The molecule has 0 atom stereocenters. The predicted molar refractivity (Wildman–Crippen MR) is 141 cm³/mol. The fourth-order valence-electron chi connectivity index (χ4n) is 3.88. The number of rotatable bonds is 7. The third-order valence-corrected chi connectivity index (χ3v) is 7.02. The first kappa shape index (κ1) is 26.4. The van der Waals surface area contributed by atoms with E-state index in [2.05, 4.69) is 21.9 Å². The van der Waals surface area contributed by atoms with Crippen LogP contribution in [0.3, 0.4) is 0 Å². The summed E-state index contributed by atoms with van der Waals surface area (Å²) in [6, 6.07) is 13.3. The Kier molecular flexibility index (Phi) is 8.35. The molecule has 2 amide bonds. The van der Waals surface area contributed by atoms with Gasteiger partial charge < -0.3 is 19.5 Å². The second-order valence-corrected chi connectivity index (χ2v) is 9.31.